The molecule has 0 bridgehead atoms. The van der Waals surface area contributed by atoms with Gasteiger partial charge in [0.05, 0.1) is 32.8 Å². The first-order chi connectivity index (χ1) is 17.0. The minimum atomic E-state index is -1.27. The van der Waals surface area contributed by atoms with E-state index in [2.05, 4.69) is 0 Å². The number of hydrogen-bond donors (Lipinski definition) is 5. The maximum Gasteiger partial charge on any atom is 0.323 e. The Morgan fingerprint density at radius 1 is 0.667 bits per heavy atom. The van der Waals surface area contributed by atoms with Crippen molar-refractivity contribution in [3.05, 3.63) is 0 Å². The van der Waals surface area contributed by atoms with Gasteiger partial charge in [0.15, 0.2) is 0 Å². The monoisotopic (exact) mass is 519 g/mol. The Hall–Kier alpha value is -2.81. The summed E-state index contributed by atoms with van der Waals surface area (Å²) < 4.78 is 5.64. The van der Waals surface area contributed by atoms with Crippen LogP contribution in [0.3, 0.4) is 0 Å². The molecule has 1 unspecified atom stereocenters. The van der Waals surface area contributed by atoms with Crippen molar-refractivity contribution in [3.8, 4) is 0 Å². The molecular formula is C22H37N3O11. The molecule has 1 aliphatic carbocycles. The Morgan fingerprint density at radius 2 is 1.14 bits per heavy atom. The average molecular weight is 520 g/mol. The second kappa shape index (κ2) is 16.8. The van der Waals surface area contributed by atoms with Gasteiger partial charge in [-0.2, -0.15) is 0 Å². The second-order valence-corrected chi connectivity index (χ2v) is 8.93. The fraction of sp³-hybridized carbons (Fsp3) is 0.773. The number of nitrogens with zero attached hydrogens (tertiary/aromatic N) is 3. The molecule has 0 amide bonds. The molecule has 0 aromatic carbocycles. The van der Waals surface area contributed by atoms with Crippen molar-refractivity contribution in [2.24, 2.45) is 5.92 Å². The maximum absolute atomic E-state index is 11.9. The van der Waals surface area contributed by atoms with E-state index in [1.165, 1.54) is 9.80 Å². The Bertz CT molecular complexity index is 727. The van der Waals surface area contributed by atoms with E-state index in [0.29, 0.717) is 12.5 Å². The highest BCUT2D eigenvalue weighted by atomic mass is 16.5. The number of carboxylic acids is 5. The van der Waals surface area contributed by atoms with E-state index in [4.69, 9.17) is 14.9 Å². The highest BCUT2D eigenvalue weighted by molar-refractivity contribution is 5.76. The van der Waals surface area contributed by atoms with Crippen LogP contribution in [0.2, 0.25) is 0 Å². The summed E-state index contributed by atoms with van der Waals surface area (Å²) in [5, 5.41) is 46.2. The predicted octanol–water partition coefficient (Wildman–Crippen LogP) is -0.719. The molecule has 36 heavy (non-hydrogen) atoms. The molecule has 14 heteroatoms. The Balaban J connectivity index is 2.80. The Morgan fingerprint density at radius 3 is 1.64 bits per heavy atom. The molecule has 0 spiro atoms. The number of hydrogen-bond acceptors (Lipinski definition) is 9. The van der Waals surface area contributed by atoms with Gasteiger partial charge in [0.1, 0.15) is 6.04 Å². The summed E-state index contributed by atoms with van der Waals surface area (Å²) in [4.78, 5) is 60.3. The molecule has 0 saturated heterocycles. The normalized spacial score (nSPS) is 15.3. The van der Waals surface area contributed by atoms with E-state index < -0.39 is 62.1 Å². The fourth-order valence-corrected chi connectivity index (χ4v) is 4.16. The summed E-state index contributed by atoms with van der Waals surface area (Å²) >= 11 is 0. The standard InChI is InChI=1S/C22H37N3O11/c26-18(27)10-23(6-7-24(11-19(28)29)12-20(30)31)8-9-25(13-21(32)33)17(22(34)35)15-36-14-16-4-2-1-3-5-16/h16-17H,1-15H2,(H,26,27)(H,28,29)(H,30,31)(H,32,33)(H,34,35). The zero-order valence-electron chi connectivity index (χ0n) is 20.3. The van der Waals surface area contributed by atoms with Gasteiger partial charge in [0.2, 0.25) is 0 Å². The molecule has 5 N–H and O–H groups in total. The summed E-state index contributed by atoms with van der Waals surface area (Å²) in [6.07, 6.45) is 5.36. The zero-order valence-corrected chi connectivity index (χ0v) is 20.3. The largest absolute Gasteiger partial charge is 0.480 e. The lowest BCUT2D eigenvalue weighted by atomic mass is 9.90. The maximum atomic E-state index is 11.9. The van der Waals surface area contributed by atoms with Crippen molar-refractivity contribution in [2.75, 3.05) is 65.6 Å². The highest BCUT2D eigenvalue weighted by Crippen LogP contribution is 2.23. The van der Waals surface area contributed by atoms with Gasteiger partial charge in [-0.3, -0.25) is 38.7 Å². The van der Waals surface area contributed by atoms with Crippen LogP contribution >= 0.6 is 0 Å². The van der Waals surface area contributed by atoms with E-state index in [1.54, 1.807) is 0 Å². The topological polar surface area (TPSA) is 205 Å². The van der Waals surface area contributed by atoms with Crippen molar-refractivity contribution >= 4 is 29.8 Å². The van der Waals surface area contributed by atoms with Gasteiger partial charge in [-0.15, -0.1) is 0 Å². The predicted molar refractivity (Wildman–Crippen MR) is 124 cm³/mol. The van der Waals surface area contributed by atoms with Crippen LogP contribution in [0.5, 0.6) is 0 Å². The third kappa shape index (κ3) is 13.9. The van der Waals surface area contributed by atoms with Crippen LogP contribution in [0.4, 0.5) is 0 Å². The van der Waals surface area contributed by atoms with Gasteiger partial charge in [0.25, 0.3) is 0 Å². The number of aliphatic carboxylic acids is 5. The van der Waals surface area contributed by atoms with E-state index in [0.717, 1.165) is 37.0 Å². The van der Waals surface area contributed by atoms with Gasteiger partial charge in [0, 0.05) is 32.8 Å². The number of carbonyl (C=O) groups is 5. The molecule has 1 aliphatic rings. The van der Waals surface area contributed by atoms with Crippen LogP contribution in [0.1, 0.15) is 32.1 Å². The van der Waals surface area contributed by atoms with Crippen LogP contribution in [0.15, 0.2) is 0 Å². The summed E-state index contributed by atoms with van der Waals surface area (Å²) in [5.74, 6) is -5.87. The lowest BCUT2D eigenvalue weighted by Crippen LogP contribution is -2.50. The van der Waals surface area contributed by atoms with Crippen LogP contribution in [0.25, 0.3) is 0 Å². The van der Waals surface area contributed by atoms with E-state index in [-0.39, 0.29) is 32.8 Å². The Labute approximate surface area is 209 Å². The van der Waals surface area contributed by atoms with Crippen molar-refractivity contribution < 1.29 is 54.2 Å². The number of carboxylic acid groups (broad SMARTS) is 5. The van der Waals surface area contributed by atoms with Gasteiger partial charge >= 0.3 is 29.8 Å². The van der Waals surface area contributed by atoms with E-state index >= 15 is 0 Å². The van der Waals surface area contributed by atoms with Crippen LogP contribution in [0, 0.1) is 5.92 Å². The molecule has 1 saturated carbocycles. The first-order valence-corrected chi connectivity index (χ1v) is 11.8. The molecule has 0 heterocycles. The molecule has 14 nitrogen and oxygen atoms in total. The zero-order chi connectivity index (χ0) is 27.1. The SMILES string of the molecule is O=C(O)CN(CCN(CC(=O)O)CC(=O)O)CCN(CC(=O)O)C(COCC1CCCCC1)C(=O)O. The minimum Gasteiger partial charge on any atom is -0.480 e. The summed E-state index contributed by atoms with van der Waals surface area (Å²) in [7, 11) is 0. The summed E-state index contributed by atoms with van der Waals surface area (Å²) in [6.45, 7) is -2.28. The smallest absolute Gasteiger partial charge is 0.323 e. The fourth-order valence-electron chi connectivity index (χ4n) is 4.16. The highest BCUT2D eigenvalue weighted by Gasteiger charge is 2.29. The first-order valence-electron chi connectivity index (χ1n) is 11.8. The van der Waals surface area contributed by atoms with Gasteiger partial charge in [-0.1, -0.05) is 19.3 Å². The lowest BCUT2D eigenvalue weighted by molar-refractivity contribution is -0.149. The van der Waals surface area contributed by atoms with Gasteiger partial charge < -0.3 is 30.3 Å². The molecule has 1 rings (SSSR count). The van der Waals surface area contributed by atoms with Crippen LogP contribution in [-0.4, -0.2) is 142 Å². The first kappa shape index (κ1) is 31.2. The van der Waals surface area contributed by atoms with Gasteiger partial charge in [-0.05, 0) is 18.8 Å². The summed E-state index contributed by atoms with van der Waals surface area (Å²) in [5.41, 5.74) is 0. The molecular weight excluding hydrogens is 482 g/mol. The van der Waals surface area contributed by atoms with Crippen LogP contribution in [-0.2, 0) is 28.7 Å². The lowest BCUT2D eigenvalue weighted by Gasteiger charge is -2.31. The van der Waals surface area contributed by atoms with Crippen LogP contribution < -0.4 is 0 Å². The second-order valence-electron chi connectivity index (χ2n) is 8.93. The van der Waals surface area contributed by atoms with Crippen molar-refractivity contribution in [3.63, 3.8) is 0 Å². The third-order valence-electron chi connectivity index (χ3n) is 5.93. The molecule has 206 valence electrons. The molecule has 0 aromatic rings. The molecule has 0 aliphatic heterocycles. The van der Waals surface area contributed by atoms with Crippen molar-refractivity contribution in [2.45, 2.75) is 38.1 Å². The molecule has 0 radical (unpaired) electrons. The molecule has 0 aromatic heterocycles. The minimum absolute atomic E-state index is 0.0241. The van der Waals surface area contributed by atoms with E-state index in [1.807, 2.05) is 0 Å². The molecule has 1 fully saturated rings. The third-order valence-corrected chi connectivity index (χ3v) is 5.93. The number of ether oxygens (including phenoxy) is 1. The Kier molecular flexibility index (Phi) is 14.6. The summed E-state index contributed by atoms with van der Waals surface area (Å²) in [6, 6.07) is -1.26. The quantitative estimate of drug-likeness (QED) is 0.135. The average Bonchev–Trinajstić information content (AvgIpc) is 2.76. The van der Waals surface area contributed by atoms with Gasteiger partial charge in [-0.25, -0.2) is 0 Å². The van der Waals surface area contributed by atoms with Crippen molar-refractivity contribution in [1.29, 1.82) is 0 Å². The number of rotatable bonds is 20. The van der Waals surface area contributed by atoms with E-state index in [9.17, 15) is 39.3 Å². The van der Waals surface area contributed by atoms with Crippen molar-refractivity contribution in [1.82, 2.24) is 14.7 Å². The molecule has 1 atom stereocenters.